The molecule has 0 bridgehead atoms. The minimum atomic E-state index is 0.889. The van der Waals surface area contributed by atoms with Crippen molar-refractivity contribution in [2.45, 2.75) is 0 Å². The minimum Gasteiger partial charge on any atom is -0.319 e. The van der Waals surface area contributed by atoms with E-state index < -0.39 is 0 Å². The highest BCUT2D eigenvalue weighted by Gasteiger charge is 2.13. The molecule has 0 saturated carbocycles. The Bertz CT molecular complexity index is 101. The number of rotatable bonds is 1. The van der Waals surface area contributed by atoms with Crippen molar-refractivity contribution >= 4 is 28.5 Å². The van der Waals surface area contributed by atoms with Gasteiger partial charge >= 0.3 is 16.5 Å². The van der Waals surface area contributed by atoms with Crippen LogP contribution < -0.4 is 0 Å². The van der Waals surface area contributed by atoms with Crippen molar-refractivity contribution in [3.63, 3.8) is 0 Å². The average molecular weight is 164 g/mol. The number of hydrogen-bond donors (Lipinski definition) is 0. The maximum Gasteiger partial charge on any atom is 0.565 e. The van der Waals surface area contributed by atoms with Crippen LogP contribution >= 0.6 is 11.9 Å². The van der Waals surface area contributed by atoms with Gasteiger partial charge in [0.2, 0.25) is 0 Å². The smallest absolute Gasteiger partial charge is 0.319 e. The average Bonchev–Trinajstić information content (AvgIpc) is 1.63. The highest BCUT2D eigenvalue weighted by Crippen LogP contribution is 2.05. The van der Waals surface area contributed by atoms with Crippen LogP contribution in [0.15, 0.2) is 0 Å². The predicted octanol–water partition coefficient (Wildman–Crippen LogP) is 0.392. The van der Waals surface area contributed by atoms with Crippen LogP contribution in [0, 0.1) is 0 Å². The van der Waals surface area contributed by atoms with Crippen LogP contribution in [0.1, 0.15) is 0 Å². The molecule has 4 heteroatoms. The Morgan fingerprint density at radius 1 is 1.22 bits per heavy atom. The Balaban J connectivity index is 3.51. The summed E-state index contributed by atoms with van der Waals surface area (Å²) < 4.78 is 2.86. The van der Waals surface area contributed by atoms with E-state index in [0.29, 0.717) is 0 Å². The first kappa shape index (κ1) is 9.20. The van der Waals surface area contributed by atoms with Gasteiger partial charge < -0.3 is 4.90 Å². The second-order valence-electron chi connectivity index (χ2n) is 2.06. The standard InChI is InChI=1S/C5H12N2S2/c1-6(2)5(8)9-7(3)4/h1-4H3/q+1. The van der Waals surface area contributed by atoms with E-state index >= 15 is 0 Å². The SMILES string of the molecule is CN(C)SC(=[S+])N(C)C. The molecule has 0 amide bonds. The zero-order chi connectivity index (χ0) is 7.44. The van der Waals surface area contributed by atoms with Gasteiger partial charge in [-0.05, 0) is 14.1 Å². The lowest BCUT2D eigenvalue weighted by Crippen LogP contribution is -2.21. The second-order valence-corrected chi connectivity index (χ2v) is 4.01. The fourth-order valence-corrected chi connectivity index (χ4v) is 1.16. The van der Waals surface area contributed by atoms with Crippen molar-refractivity contribution in [2.24, 2.45) is 0 Å². The van der Waals surface area contributed by atoms with Crippen molar-refractivity contribution in [1.82, 2.24) is 9.21 Å². The summed E-state index contributed by atoms with van der Waals surface area (Å²) in [4.78, 5) is 1.92. The van der Waals surface area contributed by atoms with Crippen LogP contribution in [0.3, 0.4) is 0 Å². The van der Waals surface area contributed by atoms with E-state index in [1.165, 1.54) is 0 Å². The summed E-state index contributed by atoms with van der Waals surface area (Å²) in [6, 6.07) is 0. The predicted molar refractivity (Wildman–Crippen MR) is 47.3 cm³/mol. The third kappa shape index (κ3) is 4.69. The molecule has 0 spiro atoms. The number of nitrogens with zero attached hydrogens (tertiary/aromatic N) is 2. The van der Waals surface area contributed by atoms with Crippen LogP contribution in [0.5, 0.6) is 0 Å². The summed E-state index contributed by atoms with van der Waals surface area (Å²) in [7, 11) is 7.83. The van der Waals surface area contributed by atoms with Crippen LogP contribution in [-0.4, -0.2) is 41.7 Å². The molecule has 9 heavy (non-hydrogen) atoms. The molecule has 0 aromatic heterocycles. The van der Waals surface area contributed by atoms with E-state index in [2.05, 4.69) is 0 Å². The molecule has 0 aliphatic rings. The Kier molecular flexibility index (Phi) is 4.18. The van der Waals surface area contributed by atoms with Gasteiger partial charge in [0.15, 0.2) is 0 Å². The highest BCUT2D eigenvalue weighted by atomic mass is 32.2. The zero-order valence-electron chi connectivity index (χ0n) is 6.21. The molecule has 0 aromatic rings. The molecule has 0 aromatic carbocycles. The molecule has 0 rings (SSSR count). The van der Waals surface area contributed by atoms with E-state index in [-0.39, 0.29) is 0 Å². The first-order chi connectivity index (χ1) is 4.04. The molecule has 0 unspecified atom stereocenters. The number of thiocarbonyl (C=S) groups is 1. The summed E-state index contributed by atoms with van der Waals surface area (Å²) in [5, 5.41) is 0. The van der Waals surface area contributed by atoms with Gasteiger partial charge in [-0.15, -0.1) is 0 Å². The van der Waals surface area contributed by atoms with Crippen LogP contribution in [0.25, 0.3) is 0 Å². The summed E-state index contributed by atoms with van der Waals surface area (Å²) >= 11 is 6.55. The van der Waals surface area contributed by atoms with Crippen molar-refractivity contribution in [2.75, 3.05) is 28.2 Å². The van der Waals surface area contributed by atoms with Gasteiger partial charge in [-0.3, -0.25) is 0 Å². The second kappa shape index (κ2) is 4.09. The maximum absolute atomic E-state index is 5.00. The molecular weight excluding hydrogens is 152 g/mol. The molecule has 1 radical (unpaired) electrons. The van der Waals surface area contributed by atoms with Crippen molar-refractivity contribution in [3.05, 3.63) is 0 Å². The molecular formula is C5H12N2S2+. The highest BCUT2D eigenvalue weighted by molar-refractivity contribution is 8.18. The van der Waals surface area contributed by atoms with E-state index in [4.69, 9.17) is 12.2 Å². The monoisotopic (exact) mass is 164 g/mol. The first-order valence-electron chi connectivity index (χ1n) is 2.60. The summed E-state index contributed by atoms with van der Waals surface area (Å²) in [6.45, 7) is 0. The Morgan fingerprint density at radius 3 is 1.78 bits per heavy atom. The quantitative estimate of drug-likeness (QED) is 0.314. The number of hydrogen-bond acceptors (Lipinski definition) is 3. The van der Waals surface area contributed by atoms with E-state index in [9.17, 15) is 0 Å². The van der Waals surface area contributed by atoms with Gasteiger partial charge in [0.1, 0.15) is 0 Å². The zero-order valence-corrected chi connectivity index (χ0v) is 7.84. The van der Waals surface area contributed by atoms with Gasteiger partial charge in [-0.2, -0.15) is 0 Å². The first-order valence-corrected chi connectivity index (χ1v) is 3.78. The van der Waals surface area contributed by atoms with E-state index in [0.717, 1.165) is 4.32 Å². The fourth-order valence-electron chi connectivity index (χ4n) is 0.238. The van der Waals surface area contributed by atoms with Crippen molar-refractivity contribution in [3.8, 4) is 0 Å². The lowest BCUT2D eigenvalue weighted by atomic mass is 11.0. The van der Waals surface area contributed by atoms with Gasteiger partial charge in [0, 0.05) is 26.0 Å². The van der Waals surface area contributed by atoms with Gasteiger partial charge in [-0.1, -0.05) is 0 Å². The summed E-state index contributed by atoms with van der Waals surface area (Å²) in [6.07, 6.45) is 0. The van der Waals surface area contributed by atoms with Crippen LogP contribution in [-0.2, 0) is 12.2 Å². The molecule has 0 saturated heterocycles. The Morgan fingerprint density at radius 2 is 1.67 bits per heavy atom. The lowest BCUT2D eigenvalue weighted by Gasteiger charge is -2.07. The van der Waals surface area contributed by atoms with Crippen LogP contribution in [0.4, 0.5) is 0 Å². The Hall–Kier alpha value is 0.200. The largest absolute Gasteiger partial charge is 0.565 e. The summed E-state index contributed by atoms with van der Waals surface area (Å²) in [5.74, 6) is 0. The van der Waals surface area contributed by atoms with Gasteiger partial charge in [-0.25, -0.2) is 4.31 Å². The normalized spacial score (nSPS) is 9.89. The molecule has 0 aliphatic heterocycles. The van der Waals surface area contributed by atoms with E-state index in [1.807, 2.05) is 37.4 Å². The third-order valence-corrected chi connectivity index (χ3v) is 2.10. The lowest BCUT2D eigenvalue weighted by molar-refractivity contribution is 0.641. The maximum atomic E-state index is 5.00. The molecule has 0 aliphatic carbocycles. The topological polar surface area (TPSA) is 6.48 Å². The molecule has 0 atom stereocenters. The van der Waals surface area contributed by atoms with Crippen molar-refractivity contribution < 1.29 is 0 Å². The van der Waals surface area contributed by atoms with Gasteiger partial charge in [0.25, 0.3) is 0 Å². The minimum absolute atomic E-state index is 0.889. The Labute approximate surface area is 66.3 Å². The third-order valence-electron chi connectivity index (χ3n) is 0.626. The molecule has 0 heterocycles. The van der Waals surface area contributed by atoms with Crippen molar-refractivity contribution in [1.29, 1.82) is 0 Å². The molecule has 53 valence electrons. The molecule has 2 nitrogen and oxygen atoms in total. The molecule has 0 fully saturated rings. The van der Waals surface area contributed by atoms with Gasteiger partial charge in [0.05, 0.1) is 0 Å². The fraction of sp³-hybridized carbons (Fsp3) is 0.800. The summed E-state index contributed by atoms with van der Waals surface area (Å²) in [5.41, 5.74) is 0. The van der Waals surface area contributed by atoms with Crippen LogP contribution in [0.2, 0.25) is 0 Å². The van der Waals surface area contributed by atoms with E-state index in [1.54, 1.807) is 11.9 Å². The molecule has 0 N–H and O–H groups in total.